The molecule has 0 N–H and O–H groups in total. The van der Waals surface area contributed by atoms with Gasteiger partial charge in [-0.05, 0) is 73.9 Å². The zero-order valence-corrected chi connectivity index (χ0v) is 26.3. The number of hydrogen-bond donors (Lipinski definition) is 0. The highest BCUT2D eigenvalue weighted by atomic mass is 28.3. The van der Waals surface area contributed by atoms with Gasteiger partial charge in [0, 0.05) is 11.8 Å². The molecule has 42 heavy (non-hydrogen) atoms. The second-order valence-corrected chi connectivity index (χ2v) is 16.3. The standard InChI is InChI=1S/C41H38Si/c1-27-25-36-34(31-15-9-6-10-16-31)21-23-38(40(36)29(27)3)42(5,33-19-13-8-14-20-33)39-24-22-35(32-17-11-7-12-18-32)37-26-28(2)30(4)41(37)39/h6-26,29-30H,1-5H3. The van der Waals surface area contributed by atoms with Crippen LogP contribution in [0.4, 0.5) is 0 Å². The molecule has 0 spiro atoms. The molecule has 0 fully saturated rings. The molecule has 0 aliphatic heterocycles. The van der Waals surface area contributed by atoms with Crippen molar-refractivity contribution in [3.8, 4) is 22.3 Å². The van der Waals surface area contributed by atoms with E-state index >= 15 is 0 Å². The molecule has 5 aromatic carbocycles. The molecule has 5 aromatic rings. The Labute approximate surface area is 252 Å². The first-order valence-corrected chi connectivity index (χ1v) is 17.8. The van der Waals surface area contributed by atoms with Crippen molar-refractivity contribution in [1.82, 2.24) is 0 Å². The van der Waals surface area contributed by atoms with Gasteiger partial charge in [-0.25, -0.2) is 0 Å². The van der Waals surface area contributed by atoms with Gasteiger partial charge >= 0.3 is 0 Å². The topological polar surface area (TPSA) is 0 Å². The Kier molecular flexibility index (Phi) is 6.52. The number of hydrogen-bond acceptors (Lipinski definition) is 0. The summed E-state index contributed by atoms with van der Waals surface area (Å²) in [5, 5.41) is 4.58. The van der Waals surface area contributed by atoms with Crippen LogP contribution in [0.15, 0.2) is 126 Å². The highest BCUT2D eigenvalue weighted by Crippen LogP contribution is 2.43. The third-order valence-corrected chi connectivity index (χ3v) is 14.7. The molecule has 0 saturated carbocycles. The summed E-state index contributed by atoms with van der Waals surface area (Å²) in [5.74, 6) is 0.784. The molecule has 2 atom stereocenters. The fourth-order valence-electron chi connectivity index (χ4n) is 7.52. The van der Waals surface area contributed by atoms with Crippen LogP contribution in [-0.2, 0) is 0 Å². The van der Waals surface area contributed by atoms with Gasteiger partial charge in [-0.15, -0.1) is 0 Å². The summed E-state index contributed by atoms with van der Waals surface area (Å²) >= 11 is 0. The summed E-state index contributed by atoms with van der Waals surface area (Å²) in [6, 6.07) is 43.1. The van der Waals surface area contributed by atoms with E-state index in [4.69, 9.17) is 0 Å². The Morgan fingerprint density at radius 1 is 0.476 bits per heavy atom. The quantitative estimate of drug-likeness (QED) is 0.149. The predicted octanol–water partition coefficient (Wildman–Crippen LogP) is 9.16. The summed E-state index contributed by atoms with van der Waals surface area (Å²) in [4.78, 5) is 0. The van der Waals surface area contributed by atoms with Crippen LogP contribution in [0, 0.1) is 0 Å². The second kappa shape index (κ2) is 10.3. The van der Waals surface area contributed by atoms with Crippen LogP contribution in [0.2, 0.25) is 6.55 Å². The van der Waals surface area contributed by atoms with E-state index < -0.39 is 8.07 Å². The maximum absolute atomic E-state index is 2.61. The van der Waals surface area contributed by atoms with Gasteiger partial charge in [-0.2, -0.15) is 0 Å². The first-order valence-electron chi connectivity index (χ1n) is 15.3. The third kappa shape index (κ3) is 4.02. The first-order chi connectivity index (χ1) is 20.4. The fraction of sp³-hybridized carbons (Fsp3) is 0.171. The number of allylic oxidation sites excluding steroid dienone is 2. The van der Waals surface area contributed by atoms with Gasteiger partial charge in [0.15, 0.2) is 0 Å². The van der Waals surface area contributed by atoms with Crippen LogP contribution in [0.5, 0.6) is 0 Å². The maximum Gasteiger partial charge on any atom is 0.146 e. The molecule has 2 unspecified atom stereocenters. The molecule has 0 radical (unpaired) electrons. The monoisotopic (exact) mass is 558 g/mol. The zero-order valence-electron chi connectivity index (χ0n) is 25.3. The molecule has 7 rings (SSSR count). The van der Waals surface area contributed by atoms with Crippen molar-refractivity contribution < 1.29 is 0 Å². The first kappa shape index (κ1) is 26.7. The zero-order chi connectivity index (χ0) is 29.0. The molecule has 1 heteroatoms. The molecule has 0 nitrogen and oxygen atoms in total. The van der Waals surface area contributed by atoms with Gasteiger partial charge in [-0.1, -0.05) is 159 Å². The van der Waals surface area contributed by atoms with Crippen molar-refractivity contribution in [2.24, 2.45) is 0 Å². The molecule has 0 aromatic heterocycles. The molecule has 2 aliphatic rings. The largest absolute Gasteiger partial charge is 0.146 e. The second-order valence-electron chi connectivity index (χ2n) is 12.4. The van der Waals surface area contributed by atoms with Crippen molar-refractivity contribution in [1.29, 1.82) is 0 Å². The van der Waals surface area contributed by atoms with Gasteiger partial charge in [-0.3, -0.25) is 0 Å². The lowest BCUT2D eigenvalue weighted by molar-refractivity contribution is 0.925. The summed E-state index contributed by atoms with van der Waals surface area (Å²) in [6.07, 6.45) is 4.92. The number of fused-ring (bicyclic) bond motifs is 2. The van der Waals surface area contributed by atoms with E-state index in [0.29, 0.717) is 11.8 Å². The van der Waals surface area contributed by atoms with Gasteiger partial charge in [0.25, 0.3) is 0 Å². The number of rotatable bonds is 5. The fourth-order valence-corrected chi connectivity index (χ4v) is 11.9. The third-order valence-electron chi connectivity index (χ3n) is 10.1. The van der Waals surface area contributed by atoms with Crippen molar-refractivity contribution >= 4 is 35.8 Å². The maximum atomic E-state index is 2.61. The van der Waals surface area contributed by atoms with Crippen molar-refractivity contribution in [3.63, 3.8) is 0 Å². The van der Waals surface area contributed by atoms with E-state index in [1.165, 1.54) is 60.8 Å². The Morgan fingerprint density at radius 3 is 1.26 bits per heavy atom. The molecular weight excluding hydrogens is 521 g/mol. The number of benzene rings is 5. The van der Waals surface area contributed by atoms with Crippen molar-refractivity contribution in [2.75, 3.05) is 0 Å². The van der Waals surface area contributed by atoms with Crippen LogP contribution in [-0.4, -0.2) is 8.07 Å². The summed E-state index contributed by atoms with van der Waals surface area (Å²) in [7, 11) is -2.45. The van der Waals surface area contributed by atoms with E-state index in [1.807, 2.05) is 0 Å². The van der Waals surface area contributed by atoms with E-state index in [-0.39, 0.29) is 0 Å². The SMILES string of the molecule is CC1=Cc2c(-c3ccccc3)ccc([Si](C)(c3ccccc3)c3ccc(-c4ccccc4)c4c3C(C)C(C)=C4)c2C1C. The summed E-state index contributed by atoms with van der Waals surface area (Å²) in [6.45, 7) is 12.1. The predicted molar refractivity (Wildman–Crippen MR) is 185 cm³/mol. The van der Waals surface area contributed by atoms with Gasteiger partial charge in [0.2, 0.25) is 0 Å². The molecule has 0 bridgehead atoms. The minimum absolute atomic E-state index is 0.392. The van der Waals surface area contributed by atoms with Crippen LogP contribution >= 0.6 is 0 Å². The van der Waals surface area contributed by atoms with E-state index in [0.717, 1.165) is 0 Å². The molecule has 206 valence electrons. The summed E-state index contributed by atoms with van der Waals surface area (Å²) in [5.41, 5.74) is 14.1. The smallest absolute Gasteiger partial charge is 0.0655 e. The van der Waals surface area contributed by atoms with E-state index in [1.54, 1.807) is 10.4 Å². The Morgan fingerprint density at radius 2 is 0.857 bits per heavy atom. The normalized spacial score (nSPS) is 18.6. The highest BCUT2D eigenvalue weighted by molar-refractivity contribution is 7.11. The lowest BCUT2D eigenvalue weighted by Gasteiger charge is -2.36. The molecule has 0 saturated heterocycles. The lowest BCUT2D eigenvalue weighted by atomic mass is 9.93. The summed E-state index contributed by atoms with van der Waals surface area (Å²) < 4.78 is 0. The van der Waals surface area contributed by atoms with Gasteiger partial charge < -0.3 is 0 Å². The molecule has 2 aliphatic carbocycles. The minimum Gasteiger partial charge on any atom is -0.0655 e. The molecule has 0 heterocycles. The Balaban J connectivity index is 1.53. The van der Waals surface area contributed by atoms with Gasteiger partial charge in [0.1, 0.15) is 8.07 Å². The lowest BCUT2D eigenvalue weighted by Crippen LogP contribution is -2.66. The average Bonchev–Trinajstić information content (AvgIpc) is 3.51. The Bertz CT molecular complexity index is 1740. The van der Waals surface area contributed by atoms with E-state index in [9.17, 15) is 0 Å². The van der Waals surface area contributed by atoms with Gasteiger partial charge in [0.05, 0.1) is 0 Å². The molecular formula is C41H38Si. The van der Waals surface area contributed by atoms with Crippen LogP contribution in [0.3, 0.4) is 0 Å². The highest BCUT2D eigenvalue weighted by Gasteiger charge is 2.42. The van der Waals surface area contributed by atoms with E-state index in [2.05, 4.69) is 162 Å². The van der Waals surface area contributed by atoms with Crippen LogP contribution in [0.1, 0.15) is 61.8 Å². The van der Waals surface area contributed by atoms with Crippen molar-refractivity contribution in [3.05, 3.63) is 149 Å². The van der Waals surface area contributed by atoms with Crippen molar-refractivity contribution in [2.45, 2.75) is 46.1 Å². The average molecular weight is 559 g/mol. The molecule has 0 amide bonds. The van der Waals surface area contributed by atoms with Crippen LogP contribution in [0.25, 0.3) is 34.4 Å². The minimum atomic E-state index is -2.45. The van der Waals surface area contributed by atoms with Crippen LogP contribution < -0.4 is 15.6 Å². The Hall–Kier alpha value is -4.20.